The molecule has 2 N–H and O–H groups in total. The molecule has 1 aliphatic carbocycles. The predicted octanol–water partition coefficient (Wildman–Crippen LogP) is 3.52. The zero-order valence-electron chi connectivity index (χ0n) is 15.6. The molecular weight excluding hydrogens is 387 g/mol. The molecule has 0 unspecified atom stereocenters. The van der Waals surface area contributed by atoms with Crippen LogP contribution in [0.3, 0.4) is 0 Å². The minimum absolute atomic E-state index is 0.122. The number of rotatable bonds is 2. The minimum Gasteiger partial charge on any atom is -0.431 e. The second-order valence-electron chi connectivity index (χ2n) is 7.64. The van der Waals surface area contributed by atoms with Crippen LogP contribution in [0.1, 0.15) is 48.2 Å². The number of carbonyl (C=O) groups excluding carboxylic acids is 1. The Kier molecular flexibility index (Phi) is 4.27. The van der Waals surface area contributed by atoms with E-state index in [1.165, 1.54) is 12.3 Å². The number of carbonyl (C=O) groups is 1. The van der Waals surface area contributed by atoms with Crippen molar-refractivity contribution in [1.82, 2.24) is 20.1 Å². The van der Waals surface area contributed by atoms with Crippen LogP contribution in [0, 0.1) is 0 Å². The zero-order valence-corrected chi connectivity index (χ0v) is 15.6. The van der Waals surface area contributed by atoms with Crippen LogP contribution in [0.25, 0.3) is 11.3 Å². The van der Waals surface area contributed by atoms with Gasteiger partial charge < -0.3 is 10.1 Å². The third-order valence-corrected chi connectivity index (χ3v) is 5.84. The van der Waals surface area contributed by atoms with Gasteiger partial charge in [-0.2, -0.15) is 18.3 Å². The first kappa shape index (κ1) is 18.4. The van der Waals surface area contributed by atoms with E-state index in [1.807, 2.05) is 4.68 Å². The van der Waals surface area contributed by atoms with E-state index < -0.39 is 18.4 Å². The Morgan fingerprint density at radius 2 is 2.07 bits per heavy atom. The third kappa shape index (κ3) is 3.06. The Bertz CT molecular complexity index is 965. The van der Waals surface area contributed by atoms with Crippen molar-refractivity contribution >= 4 is 11.9 Å². The summed E-state index contributed by atoms with van der Waals surface area (Å²) in [6, 6.07) is 1.73. The number of ether oxygens (including phenoxy) is 1. The molecule has 1 saturated heterocycles. The molecule has 2 atom stereocenters. The number of cyclic esters (lactones) is 1. The summed E-state index contributed by atoms with van der Waals surface area (Å²) in [5.74, 6) is -0.122. The maximum absolute atomic E-state index is 13.7. The van der Waals surface area contributed by atoms with Gasteiger partial charge in [0.2, 0.25) is 6.10 Å². The number of amides is 1. The first-order chi connectivity index (χ1) is 13.9. The van der Waals surface area contributed by atoms with Crippen molar-refractivity contribution in [2.45, 2.75) is 50.4 Å². The Hall–Kier alpha value is -2.62. The first-order valence-electron chi connectivity index (χ1n) is 9.78. The SMILES string of the molecule is O=C1Nc2nccc(-c3nn([C@H]4CCNC4)c4c3CCCC4)c2[C@H](C(F)(F)F)O1. The van der Waals surface area contributed by atoms with Gasteiger partial charge in [-0.15, -0.1) is 0 Å². The summed E-state index contributed by atoms with van der Waals surface area (Å²) in [7, 11) is 0. The molecule has 5 rings (SSSR count). The molecule has 2 aromatic rings. The molecule has 154 valence electrons. The molecule has 4 heterocycles. The monoisotopic (exact) mass is 407 g/mol. The largest absolute Gasteiger partial charge is 0.431 e. The van der Waals surface area contributed by atoms with Crippen molar-refractivity contribution in [2.24, 2.45) is 0 Å². The molecular formula is C19H20F3N5O2. The van der Waals surface area contributed by atoms with Crippen LogP contribution < -0.4 is 10.6 Å². The second kappa shape index (κ2) is 6.72. The molecule has 1 amide bonds. The summed E-state index contributed by atoms with van der Waals surface area (Å²) in [5, 5.41) is 10.4. The van der Waals surface area contributed by atoms with Crippen LogP contribution in [0.2, 0.25) is 0 Å². The number of nitrogens with one attached hydrogen (secondary N) is 2. The quantitative estimate of drug-likeness (QED) is 0.796. The number of aromatic nitrogens is 3. The predicted molar refractivity (Wildman–Crippen MR) is 97.5 cm³/mol. The summed E-state index contributed by atoms with van der Waals surface area (Å²) in [5.41, 5.74) is 2.78. The fraction of sp³-hybridized carbons (Fsp3) is 0.526. The van der Waals surface area contributed by atoms with E-state index in [0.717, 1.165) is 56.5 Å². The van der Waals surface area contributed by atoms with Gasteiger partial charge >= 0.3 is 12.3 Å². The number of hydrogen-bond donors (Lipinski definition) is 2. The summed E-state index contributed by atoms with van der Waals surface area (Å²) < 4.78 is 47.8. The van der Waals surface area contributed by atoms with E-state index in [4.69, 9.17) is 5.10 Å². The molecule has 0 bridgehead atoms. The van der Waals surface area contributed by atoms with Crippen LogP contribution >= 0.6 is 0 Å². The van der Waals surface area contributed by atoms with Crippen molar-refractivity contribution in [1.29, 1.82) is 0 Å². The molecule has 3 aliphatic rings. The lowest BCUT2D eigenvalue weighted by atomic mass is 9.90. The van der Waals surface area contributed by atoms with E-state index in [-0.39, 0.29) is 17.4 Å². The Morgan fingerprint density at radius 1 is 1.24 bits per heavy atom. The molecule has 10 heteroatoms. The Labute approximate surface area is 164 Å². The van der Waals surface area contributed by atoms with Gasteiger partial charge in [-0.25, -0.2) is 9.78 Å². The van der Waals surface area contributed by atoms with Crippen molar-refractivity contribution in [2.75, 3.05) is 18.4 Å². The highest BCUT2D eigenvalue weighted by molar-refractivity contribution is 5.89. The molecule has 1 fully saturated rings. The lowest BCUT2D eigenvalue weighted by Gasteiger charge is -2.28. The van der Waals surface area contributed by atoms with Crippen LogP contribution in [-0.4, -0.2) is 40.1 Å². The maximum atomic E-state index is 13.7. The number of alkyl halides is 3. The maximum Gasteiger partial charge on any atom is 0.430 e. The minimum atomic E-state index is -4.75. The molecule has 0 aromatic carbocycles. The van der Waals surface area contributed by atoms with Gasteiger partial charge in [0.25, 0.3) is 0 Å². The topological polar surface area (TPSA) is 81.1 Å². The van der Waals surface area contributed by atoms with Gasteiger partial charge in [0.05, 0.1) is 17.3 Å². The van der Waals surface area contributed by atoms with Gasteiger partial charge in [0, 0.05) is 29.6 Å². The lowest BCUT2D eigenvalue weighted by molar-refractivity contribution is -0.206. The summed E-state index contributed by atoms with van der Waals surface area (Å²) in [6.07, 6.45) is -2.29. The third-order valence-electron chi connectivity index (χ3n) is 5.84. The van der Waals surface area contributed by atoms with Gasteiger partial charge in [-0.1, -0.05) is 0 Å². The molecule has 7 nitrogen and oxygen atoms in total. The van der Waals surface area contributed by atoms with Crippen molar-refractivity contribution in [3.8, 4) is 11.3 Å². The van der Waals surface area contributed by atoms with Crippen molar-refractivity contribution in [3.05, 3.63) is 29.1 Å². The van der Waals surface area contributed by atoms with Gasteiger partial charge in [0.15, 0.2) is 0 Å². The van der Waals surface area contributed by atoms with Crippen molar-refractivity contribution in [3.63, 3.8) is 0 Å². The lowest BCUT2D eigenvalue weighted by Crippen LogP contribution is -2.34. The van der Waals surface area contributed by atoms with E-state index in [9.17, 15) is 18.0 Å². The van der Waals surface area contributed by atoms with Gasteiger partial charge in [0.1, 0.15) is 5.82 Å². The number of halogens is 3. The summed E-state index contributed by atoms with van der Waals surface area (Å²) in [6.45, 7) is 1.70. The normalized spacial score (nSPS) is 23.9. The van der Waals surface area contributed by atoms with Crippen molar-refractivity contribution < 1.29 is 22.7 Å². The van der Waals surface area contributed by atoms with Crippen LogP contribution in [0.5, 0.6) is 0 Å². The van der Waals surface area contributed by atoms with Gasteiger partial charge in [-0.05, 0) is 44.7 Å². The fourth-order valence-corrected chi connectivity index (χ4v) is 4.56. The van der Waals surface area contributed by atoms with E-state index in [0.29, 0.717) is 11.3 Å². The average molecular weight is 407 g/mol. The highest BCUT2D eigenvalue weighted by Gasteiger charge is 2.49. The number of fused-ring (bicyclic) bond motifs is 2. The van der Waals surface area contributed by atoms with E-state index in [1.54, 1.807) is 0 Å². The molecule has 0 radical (unpaired) electrons. The standard InChI is InChI=1S/C19H20F3N5O2/c20-19(21,22)16-14-12(6-8-24-17(14)25-18(28)29-16)15-11-3-1-2-4-13(11)27(26-15)10-5-7-23-9-10/h6,8,10,16,23H,1-5,7,9H2,(H,24,25,28)/t10-,16+/m0/s1. The Balaban J connectivity index is 1.70. The second-order valence-corrected chi connectivity index (χ2v) is 7.64. The number of nitrogens with zero attached hydrogens (tertiary/aromatic N) is 3. The fourth-order valence-electron chi connectivity index (χ4n) is 4.56. The number of pyridine rings is 1. The Morgan fingerprint density at radius 3 is 2.83 bits per heavy atom. The molecule has 0 spiro atoms. The van der Waals surface area contributed by atoms with E-state index in [2.05, 4.69) is 20.4 Å². The number of hydrogen-bond acceptors (Lipinski definition) is 5. The molecule has 2 aliphatic heterocycles. The van der Waals surface area contributed by atoms with Crippen LogP contribution in [0.4, 0.5) is 23.8 Å². The molecule has 2 aromatic heterocycles. The highest BCUT2D eigenvalue weighted by atomic mass is 19.4. The summed E-state index contributed by atoms with van der Waals surface area (Å²) in [4.78, 5) is 15.6. The highest BCUT2D eigenvalue weighted by Crippen LogP contribution is 2.46. The molecule has 29 heavy (non-hydrogen) atoms. The smallest absolute Gasteiger partial charge is 0.430 e. The van der Waals surface area contributed by atoms with E-state index >= 15 is 0 Å². The number of anilines is 1. The summed E-state index contributed by atoms with van der Waals surface area (Å²) >= 11 is 0. The molecule has 0 saturated carbocycles. The van der Waals surface area contributed by atoms with Crippen LogP contribution in [0.15, 0.2) is 12.3 Å². The van der Waals surface area contributed by atoms with Crippen LogP contribution in [-0.2, 0) is 17.6 Å². The average Bonchev–Trinajstić information content (AvgIpc) is 3.34. The van der Waals surface area contributed by atoms with Gasteiger partial charge in [-0.3, -0.25) is 10.00 Å². The first-order valence-corrected chi connectivity index (χ1v) is 9.78. The zero-order chi connectivity index (χ0) is 20.2.